The summed E-state index contributed by atoms with van der Waals surface area (Å²) in [5.41, 5.74) is -1.45. The van der Waals surface area contributed by atoms with Crippen LogP contribution >= 0.6 is 0 Å². The highest BCUT2D eigenvalue weighted by Gasteiger charge is 2.50. The van der Waals surface area contributed by atoms with Crippen molar-refractivity contribution in [3.63, 3.8) is 0 Å². The van der Waals surface area contributed by atoms with E-state index in [0.717, 1.165) is 0 Å². The lowest BCUT2D eigenvalue weighted by molar-refractivity contribution is 0.00578. The van der Waals surface area contributed by atoms with Crippen LogP contribution in [-0.4, -0.2) is 38.8 Å². The van der Waals surface area contributed by atoms with Crippen LogP contribution in [0.2, 0.25) is 6.32 Å². The molecule has 0 saturated carbocycles. The summed E-state index contributed by atoms with van der Waals surface area (Å²) in [5.74, 6) is 0. The maximum atomic E-state index is 10.4. The fourth-order valence-corrected chi connectivity index (χ4v) is 2.33. The molecule has 1 saturated heterocycles. The van der Waals surface area contributed by atoms with E-state index in [9.17, 15) is 5.11 Å². The Morgan fingerprint density at radius 1 is 1.25 bits per heavy atom. The van der Waals surface area contributed by atoms with Crippen LogP contribution in [0.15, 0.2) is 18.5 Å². The van der Waals surface area contributed by atoms with Crippen molar-refractivity contribution in [2.45, 2.75) is 70.7 Å². The van der Waals surface area contributed by atoms with Crippen molar-refractivity contribution in [2.24, 2.45) is 0 Å². The monoisotopic (exact) mass is 280 g/mol. The molecule has 1 aromatic rings. The number of rotatable bonds is 5. The van der Waals surface area contributed by atoms with E-state index < -0.39 is 5.60 Å². The first-order valence-corrected chi connectivity index (χ1v) is 7.17. The summed E-state index contributed by atoms with van der Waals surface area (Å²) in [4.78, 5) is 0. The Balaban J connectivity index is 1.86. The summed E-state index contributed by atoms with van der Waals surface area (Å²) in [6.45, 7) is 10.4. The molecule has 0 bridgehead atoms. The number of aromatic nitrogens is 2. The van der Waals surface area contributed by atoms with Crippen molar-refractivity contribution in [3.8, 4) is 0 Å². The van der Waals surface area contributed by atoms with Crippen LogP contribution in [-0.2, 0) is 15.9 Å². The van der Waals surface area contributed by atoms with Gasteiger partial charge in [0.15, 0.2) is 0 Å². The zero-order valence-electron chi connectivity index (χ0n) is 13.1. The number of nitrogens with zero attached hydrogens (tertiary/aromatic N) is 2. The minimum atomic E-state index is -0.824. The highest BCUT2D eigenvalue weighted by Crippen LogP contribution is 2.38. The van der Waals surface area contributed by atoms with Gasteiger partial charge in [0.1, 0.15) is 0 Å². The average Bonchev–Trinajstić information content (AvgIpc) is 2.83. The first-order chi connectivity index (χ1) is 9.11. The van der Waals surface area contributed by atoms with Crippen LogP contribution < -0.4 is 0 Å². The van der Waals surface area contributed by atoms with Crippen molar-refractivity contribution < 1.29 is 14.4 Å². The molecule has 1 aliphatic rings. The maximum Gasteiger partial charge on any atom is 0.457 e. The molecule has 20 heavy (non-hydrogen) atoms. The SMILES string of the molecule is CC(O)(CCB1OC(C)(C)C(C)(C)O1)Cn1cccn1. The molecule has 1 unspecified atom stereocenters. The smallest absolute Gasteiger partial charge is 0.403 e. The van der Waals surface area contributed by atoms with Crippen LogP contribution in [0.5, 0.6) is 0 Å². The Labute approximate surface area is 121 Å². The molecule has 112 valence electrons. The third kappa shape index (κ3) is 3.43. The maximum absolute atomic E-state index is 10.4. The van der Waals surface area contributed by atoms with Crippen molar-refractivity contribution in [3.05, 3.63) is 18.5 Å². The van der Waals surface area contributed by atoms with Crippen LogP contribution in [0, 0.1) is 0 Å². The van der Waals surface area contributed by atoms with Crippen LogP contribution in [0.4, 0.5) is 0 Å². The molecular weight excluding hydrogens is 255 g/mol. The molecule has 1 fully saturated rings. The Hall–Kier alpha value is -0.845. The molecule has 1 aliphatic heterocycles. The average molecular weight is 280 g/mol. The van der Waals surface area contributed by atoms with E-state index in [1.165, 1.54) is 0 Å². The van der Waals surface area contributed by atoms with E-state index >= 15 is 0 Å². The molecule has 6 heteroatoms. The van der Waals surface area contributed by atoms with Gasteiger partial charge in [-0.25, -0.2) is 0 Å². The molecule has 1 aromatic heterocycles. The van der Waals surface area contributed by atoms with Gasteiger partial charge in [-0.15, -0.1) is 0 Å². The van der Waals surface area contributed by atoms with Gasteiger partial charge in [-0.1, -0.05) is 0 Å². The van der Waals surface area contributed by atoms with Gasteiger partial charge >= 0.3 is 7.12 Å². The topological polar surface area (TPSA) is 56.5 Å². The molecule has 0 aliphatic carbocycles. The summed E-state index contributed by atoms with van der Waals surface area (Å²) >= 11 is 0. The molecule has 0 radical (unpaired) electrons. The first-order valence-electron chi connectivity index (χ1n) is 7.17. The number of hydrogen-bond donors (Lipinski definition) is 1. The second-order valence-electron chi connectivity index (χ2n) is 6.93. The largest absolute Gasteiger partial charge is 0.457 e. The number of aliphatic hydroxyl groups is 1. The van der Waals surface area contributed by atoms with Crippen LogP contribution in [0.25, 0.3) is 0 Å². The summed E-state index contributed by atoms with van der Waals surface area (Å²) in [7, 11) is -0.260. The summed E-state index contributed by atoms with van der Waals surface area (Å²) in [5, 5.41) is 14.6. The molecule has 2 rings (SSSR count). The van der Waals surface area contributed by atoms with Crippen LogP contribution in [0.3, 0.4) is 0 Å². The predicted molar refractivity (Wildman–Crippen MR) is 78.4 cm³/mol. The second-order valence-corrected chi connectivity index (χ2v) is 6.93. The van der Waals surface area contributed by atoms with Crippen molar-refractivity contribution in [2.75, 3.05) is 0 Å². The van der Waals surface area contributed by atoms with E-state index in [1.807, 2.05) is 46.9 Å². The van der Waals surface area contributed by atoms with E-state index in [1.54, 1.807) is 10.9 Å². The van der Waals surface area contributed by atoms with E-state index in [4.69, 9.17) is 9.31 Å². The molecule has 1 atom stereocenters. The zero-order valence-corrected chi connectivity index (χ0v) is 13.1. The highest BCUT2D eigenvalue weighted by molar-refractivity contribution is 6.45. The highest BCUT2D eigenvalue weighted by atomic mass is 16.7. The Bertz CT molecular complexity index is 427. The summed E-state index contributed by atoms with van der Waals surface area (Å²) in [6.07, 6.45) is 4.83. The van der Waals surface area contributed by atoms with Gasteiger partial charge in [0, 0.05) is 12.4 Å². The fraction of sp³-hybridized carbons (Fsp3) is 0.786. The quantitative estimate of drug-likeness (QED) is 0.839. The second kappa shape index (κ2) is 5.17. The minimum Gasteiger partial charge on any atom is -0.403 e. The van der Waals surface area contributed by atoms with Gasteiger partial charge in [-0.05, 0) is 53.4 Å². The molecule has 1 N–H and O–H groups in total. The Kier molecular flexibility index (Phi) is 4.02. The molecule has 2 heterocycles. The molecule has 0 aromatic carbocycles. The number of hydrogen-bond acceptors (Lipinski definition) is 4. The van der Waals surface area contributed by atoms with E-state index in [-0.39, 0.29) is 18.3 Å². The van der Waals surface area contributed by atoms with E-state index in [2.05, 4.69) is 5.10 Å². The van der Waals surface area contributed by atoms with Crippen LogP contribution in [0.1, 0.15) is 41.0 Å². The minimum absolute atomic E-state index is 0.260. The Morgan fingerprint density at radius 2 is 1.85 bits per heavy atom. The van der Waals surface area contributed by atoms with E-state index in [0.29, 0.717) is 19.3 Å². The van der Waals surface area contributed by atoms with Crippen molar-refractivity contribution >= 4 is 7.12 Å². The fourth-order valence-electron chi connectivity index (χ4n) is 2.33. The van der Waals surface area contributed by atoms with Gasteiger partial charge in [-0.2, -0.15) is 5.10 Å². The summed E-state index contributed by atoms with van der Waals surface area (Å²) in [6, 6.07) is 1.85. The predicted octanol–water partition coefficient (Wildman–Crippen LogP) is 2.12. The molecule has 5 nitrogen and oxygen atoms in total. The van der Waals surface area contributed by atoms with Gasteiger partial charge in [0.25, 0.3) is 0 Å². The lowest BCUT2D eigenvalue weighted by atomic mass is 9.79. The first kappa shape index (κ1) is 15.5. The normalized spacial score (nSPS) is 23.8. The van der Waals surface area contributed by atoms with Gasteiger partial charge in [-0.3, -0.25) is 4.68 Å². The van der Waals surface area contributed by atoms with Gasteiger partial charge in [0.05, 0.1) is 23.3 Å². The lowest BCUT2D eigenvalue weighted by Gasteiger charge is -2.32. The van der Waals surface area contributed by atoms with Crippen molar-refractivity contribution in [1.82, 2.24) is 9.78 Å². The van der Waals surface area contributed by atoms with Gasteiger partial charge < -0.3 is 14.4 Å². The zero-order chi connectivity index (χ0) is 15.0. The molecular formula is C14H25BN2O3. The summed E-state index contributed by atoms with van der Waals surface area (Å²) < 4.78 is 13.6. The molecule has 0 amide bonds. The van der Waals surface area contributed by atoms with Crippen molar-refractivity contribution in [1.29, 1.82) is 0 Å². The standard InChI is InChI=1S/C14H25BN2O3/c1-12(2)13(3,4)20-15(19-12)8-7-14(5,18)11-17-10-6-9-16-17/h6,9-10,18H,7-8,11H2,1-5H3. The Morgan fingerprint density at radius 3 is 2.35 bits per heavy atom. The van der Waals surface area contributed by atoms with Gasteiger partial charge in [0.2, 0.25) is 0 Å². The molecule has 0 spiro atoms. The third-order valence-corrected chi connectivity index (χ3v) is 4.28. The third-order valence-electron chi connectivity index (χ3n) is 4.28. The lowest BCUT2D eigenvalue weighted by Crippen LogP contribution is -2.41.